The maximum absolute atomic E-state index is 12.9. The summed E-state index contributed by atoms with van der Waals surface area (Å²) in [6.45, 7) is 7.86. The molecule has 0 spiro atoms. The van der Waals surface area contributed by atoms with Crippen LogP contribution in [0.4, 0.5) is 13.2 Å². The number of aromatic nitrogens is 2. The predicted molar refractivity (Wildman–Crippen MR) is 134 cm³/mol. The Balaban J connectivity index is 1.33. The van der Waals surface area contributed by atoms with Crippen molar-refractivity contribution in [1.29, 1.82) is 0 Å². The SMILES string of the molecule is Cn1c(CCC2CCN(CC(=O)OC(C)(C)C)CC2)nc2cc3c(cc21)CCN(C(=O)C(F)(F)F)CC3. The number of esters is 1. The van der Waals surface area contributed by atoms with E-state index in [0.717, 1.165) is 71.7 Å². The largest absolute Gasteiger partial charge is 0.471 e. The van der Waals surface area contributed by atoms with Crippen LogP contribution in [0.2, 0.25) is 0 Å². The van der Waals surface area contributed by atoms with Gasteiger partial charge in [0.25, 0.3) is 0 Å². The Morgan fingerprint density at radius 2 is 1.65 bits per heavy atom. The maximum Gasteiger partial charge on any atom is 0.471 e. The number of benzene rings is 1. The van der Waals surface area contributed by atoms with Gasteiger partial charge in [-0.1, -0.05) is 0 Å². The predicted octanol–water partition coefficient (Wildman–Crippen LogP) is 4.05. The van der Waals surface area contributed by atoms with Gasteiger partial charge < -0.3 is 14.2 Å². The van der Waals surface area contributed by atoms with E-state index >= 15 is 0 Å². The number of aryl methyl sites for hydroxylation is 2. The van der Waals surface area contributed by atoms with E-state index in [2.05, 4.69) is 9.47 Å². The van der Waals surface area contributed by atoms with Gasteiger partial charge in [0.2, 0.25) is 0 Å². The van der Waals surface area contributed by atoms with Gasteiger partial charge in [-0.25, -0.2) is 4.98 Å². The molecule has 0 aliphatic carbocycles. The summed E-state index contributed by atoms with van der Waals surface area (Å²) >= 11 is 0. The summed E-state index contributed by atoms with van der Waals surface area (Å²) in [5, 5.41) is 0. The van der Waals surface area contributed by atoms with E-state index in [1.165, 1.54) is 0 Å². The van der Waals surface area contributed by atoms with Gasteiger partial charge in [0.05, 0.1) is 17.6 Å². The van der Waals surface area contributed by atoms with Crippen LogP contribution in [-0.2, 0) is 40.6 Å². The van der Waals surface area contributed by atoms with Gasteiger partial charge in [0.15, 0.2) is 0 Å². The van der Waals surface area contributed by atoms with Crippen LogP contribution in [0.3, 0.4) is 0 Å². The third-order valence-electron chi connectivity index (χ3n) is 7.38. The first-order valence-corrected chi connectivity index (χ1v) is 13.1. The molecule has 2 aliphatic heterocycles. The minimum atomic E-state index is -4.84. The van der Waals surface area contributed by atoms with Crippen molar-refractivity contribution >= 4 is 22.9 Å². The molecular formula is C27H37F3N4O3. The number of carbonyl (C=O) groups excluding carboxylic acids is 2. The minimum absolute atomic E-state index is 0.0587. The van der Waals surface area contributed by atoms with E-state index < -0.39 is 17.7 Å². The Hall–Kier alpha value is -2.62. The lowest BCUT2D eigenvalue weighted by Gasteiger charge is -2.32. The fourth-order valence-electron chi connectivity index (χ4n) is 5.39. The van der Waals surface area contributed by atoms with Gasteiger partial charge >= 0.3 is 18.1 Å². The topological polar surface area (TPSA) is 67.7 Å². The molecule has 7 nitrogen and oxygen atoms in total. The molecule has 0 bridgehead atoms. The van der Waals surface area contributed by atoms with Gasteiger partial charge in [0.1, 0.15) is 11.4 Å². The van der Waals surface area contributed by atoms with Crippen molar-refractivity contribution in [2.75, 3.05) is 32.7 Å². The highest BCUT2D eigenvalue weighted by Gasteiger charge is 2.42. The van der Waals surface area contributed by atoms with Crippen LogP contribution in [0.1, 0.15) is 57.0 Å². The molecule has 10 heteroatoms. The van der Waals surface area contributed by atoms with E-state index in [9.17, 15) is 22.8 Å². The summed E-state index contributed by atoms with van der Waals surface area (Å²) in [4.78, 5) is 31.7. The van der Waals surface area contributed by atoms with Gasteiger partial charge in [0, 0.05) is 26.6 Å². The second-order valence-corrected chi connectivity index (χ2v) is 11.3. The van der Waals surface area contributed by atoms with E-state index in [1.807, 2.05) is 40.0 Å². The normalized spacial score (nSPS) is 18.1. The summed E-state index contributed by atoms with van der Waals surface area (Å²) in [6.07, 6.45) is -0.114. The average Bonchev–Trinajstić information content (AvgIpc) is 2.96. The van der Waals surface area contributed by atoms with E-state index in [0.29, 0.717) is 25.3 Å². The fourth-order valence-corrected chi connectivity index (χ4v) is 5.39. The Kier molecular flexibility index (Phi) is 7.88. The molecule has 0 N–H and O–H groups in total. The van der Waals surface area contributed by atoms with Crippen LogP contribution >= 0.6 is 0 Å². The molecule has 37 heavy (non-hydrogen) atoms. The smallest absolute Gasteiger partial charge is 0.459 e. The molecule has 204 valence electrons. The van der Waals surface area contributed by atoms with E-state index in [-0.39, 0.29) is 19.1 Å². The number of likely N-dealkylation sites (tertiary alicyclic amines) is 1. The Labute approximate surface area is 215 Å². The van der Waals surface area contributed by atoms with Crippen LogP contribution in [-0.4, -0.2) is 75.7 Å². The maximum atomic E-state index is 12.9. The molecule has 1 saturated heterocycles. The zero-order chi connectivity index (χ0) is 27.0. The van der Waals surface area contributed by atoms with Gasteiger partial charge in [-0.15, -0.1) is 0 Å². The third-order valence-corrected chi connectivity index (χ3v) is 7.38. The molecule has 3 heterocycles. The first kappa shape index (κ1) is 27.4. The highest BCUT2D eigenvalue weighted by molar-refractivity contribution is 5.82. The Morgan fingerprint density at radius 3 is 2.24 bits per heavy atom. The number of hydrogen-bond acceptors (Lipinski definition) is 5. The first-order chi connectivity index (χ1) is 17.3. The number of ether oxygens (including phenoxy) is 1. The standard InChI is InChI=1S/C27H37F3N4O3/c1-26(2,3)37-24(35)17-33-11-7-18(8-12-33)5-6-23-31-21-15-19-9-13-34(25(36)27(28,29)30)14-10-20(19)16-22(21)32(23)4/h15-16,18H,5-14,17H2,1-4H3. The molecule has 0 saturated carbocycles. The Bertz CT molecular complexity index is 1140. The number of halogens is 3. The van der Waals surface area contributed by atoms with Crippen LogP contribution in [0.25, 0.3) is 11.0 Å². The van der Waals surface area contributed by atoms with Crippen molar-refractivity contribution in [3.63, 3.8) is 0 Å². The van der Waals surface area contributed by atoms with Crippen LogP contribution in [0.5, 0.6) is 0 Å². The summed E-state index contributed by atoms with van der Waals surface area (Å²) in [7, 11) is 1.98. The van der Waals surface area contributed by atoms with Crippen molar-refractivity contribution in [2.24, 2.45) is 13.0 Å². The number of nitrogens with zero attached hydrogens (tertiary/aromatic N) is 4. The molecule has 1 aromatic heterocycles. The molecule has 0 unspecified atom stereocenters. The highest BCUT2D eigenvalue weighted by atomic mass is 19.4. The van der Waals surface area contributed by atoms with Crippen LogP contribution in [0, 0.1) is 5.92 Å². The Morgan fingerprint density at radius 1 is 1.03 bits per heavy atom. The van der Waals surface area contributed by atoms with Crippen molar-refractivity contribution in [1.82, 2.24) is 19.4 Å². The van der Waals surface area contributed by atoms with Crippen LogP contribution in [0.15, 0.2) is 12.1 Å². The molecular weight excluding hydrogens is 485 g/mol. The molecule has 1 aromatic carbocycles. The van der Waals surface area contributed by atoms with Gasteiger partial charge in [-0.3, -0.25) is 14.5 Å². The van der Waals surface area contributed by atoms with Crippen molar-refractivity contribution in [2.45, 2.75) is 71.1 Å². The van der Waals surface area contributed by atoms with Gasteiger partial charge in [-0.2, -0.15) is 13.2 Å². The number of rotatable bonds is 5. The molecule has 0 radical (unpaired) electrons. The summed E-state index contributed by atoms with van der Waals surface area (Å²) in [5.74, 6) is -0.367. The number of carbonyl (C=O) groups is 2. The zero-order valence-corrected chi connectivity index (χ0v) is 22.2. The third kappa shape index (κ3) is 6.83. The lowest BCUT2D eigenvalue weighted by atomic mass is 9.92. The zero-order valence-electron chi connectivity index (χ0n) is 22.2. The number of piperidine rings is 1. The summed E-state index contributed by atoms with van der Waals surface area (Å²) in [6, 6.07) is 4.00. The molecule has 2 aliphatic rings. The summed E-state index contributed by atoms with van der Waals surface area (Å²) < 4.78 is 46.1. The summed E-state index contributed by atoms with van der Waals surface area (Å²) in [5.41, 5.74) is 3.30. The van der Waals surface area contributed by atoms with Crippen LogP contribution < -0.4 is 0 Å². The number of alkyl halides is 3. The van der Waals surface area contributed by atoms with E-state index in [4.69, 9.17) is 9.72 Å². The quantitative estimate of drug-likeness (QED) is 0.555. The molecule has 0 atom stereocenters. The number of fused-ring (bicyclic) bond motifs is 2. The molecule has 1 fully saturated rings. The second kappa shape index (κ2) is 10.6. The molecule has 4 rings (SSSR count). The van der Waals surface area contributed by atoms with Crippen molar-refractivity contribution < 1.29 is 27.5 Å². The fraction of sp³-hybridized carbons (Fsp3) is 0.667. The first-order valence-electron chi connectivity index (χ1n) is 13.1. The number of hydrogen-bond donors (Lipinski definition) is 0. The molecule has 1 amide bonds. The second-order valence-electron chi connectivity index (χ2n) is 11.3. The monoisotopic (exact) mass is 522 g/mol. The molecule has 2 aromatic rings. The van der Waals surface area contributed by atoms with Gasteiger partial charge in [-0.05, 0) is 95.1 Å². The lowest BCUT2D eigenvalue weighted by Crippen LogP contribution is -2.42. The lowest BCUT2D eigenvalue weighted by molar-refractivity contribution is -0.185. The minimum Gasteiger partial charge on any atom is -0.459 e. The highest BCUT2D eigenvalue weighted by Crippen LogP contribution is 2.28. The van der Waals surface area contributed by atoms with E-state index in [1.54, 1.807) is 0 Å². The van der Waals surface area contributed by atoms with Crippen molar-refractivity contribution in [3.8, 4) is 0 Å². The average molecular weight is 523 g/mol. The van der Waals surface area contributed by atoms with Crippen molar-refractivity contribution in [3.05, 3.63) is 29.1 Å². The number of amides is 1. The number of imidazole rings is 1.